The molecule has 0 saturated carbocycles. The van der Waals surface area contributed by atoms with Gasteiger partial charge in [-0.1, -0.05) is 13.8 Å². The van der Waals surface area contributed by atoms with Gasteiger partial charge in [0.2, 0.25) is 0 Å². The van der Waals surface area contributed by atoms with E-state index in [9.17, 15) is 0 Å². The molecule has 0 aliphatic carbocycles. The Balaban J connectivity index is 3.15. The van der Waals surface area contributed by atoms with Crippen LogP contribution in [0, 0.1) is 3.57 Å². The highest BCUT2D eigenvalue weighted by atomic mass is 127. The topological polar surface area (TPSA) is 47.0 Å². The molecule has 1 heterocycles. The van der Waals surface area contributed by atoms with Gasteiger partial charge in [0.05, 0.1) is 15.9 Å². The molecular weight excluding hydrogens is 329 g/mol. The Morgan fingerprint density at radius 1 is 1.35 bits per heavy atom. The summed E-state index contributed by atoms with van der Waals surface area (Å²) in [4.78, 5) is 9.18. The first kappa shape index (κ1) is 14.6. The average Bonchev–Trinajstić information content (AvgIpc) is 2.33. The van der Waals surface area contributed by atoms with Crippen LogP contribution in [0.15, 0.2) is 0 Å². The molecule has 0 spiro atoms. The summed E-state index contributed by atoms with van der Waals surface area (Å²) in [6.45, 7) is 7.75. The van der Waals surface area contributed by atoms with Gasteiger partial charge in [-0.05, 0) is 35.9 Å². The van der Waals surface area contributed by atoms with Crippen LogP contribution in [0.5, 0.6) is 0 Å². The molecule has 96 valence electrons. The third kappa shape index (κ3) is 3.77. The number of ether oxygens (including phenoxy) is 1. The van der Waals surface area contributed by atoms with Crippen molar-refractivity contribution in [3.05, 3.63) is 15.1 Å². The molecule has 1 atom stereocenters. The van der Waals surface area contributed by atoms with E-state index in [0.717, 1.165) is 33.9 Å². The van der Waals surface area contributed by atoms with E-state index in [1.165, 1.54) is 0 Å². The van der Waals surface area contributed by atoms with Gasteiger partial charge in [-0.15, -0.1) is 0 Å². The van der Waals surface area contributed by atoms with Crippen LogP contribution in [-0.4, -0.2) is 23.6 Å². The Bertz CT molecular complexity index is 344. The number of halogens is 1. The van der Waals surface area contributed by atoms with Gasteiger partial charge in [-0.25, -0.2) is 9.97 Å². The Kier molecular flexibility index (Phi) is 6.11. The summed E-state index contributed by atoms with van der Waals surface area (Å²) in [7, 11) is 1.69. The normalized spacial score (nSPS) is 12.5. The van der Waals surface area contributed by atoms with Crippen molar-refractivity contribution in [2.75, 3.05) is 19.0 Å². The molecule has 1 N–H and O–H groups in total. The van der Waals surface area contributed by atoms with Crippen LogP contribution >= 0.6 is 22.6 Å². The van der Waals surface area contributed by atoms with E-state index in [1.807, 2.05) is 0 Å². The Morgan fingerprint density at radius 3 is 2.59 bits per heavy atom. The maximum Gasteiger partial charge on any atom is 0.143 e. The number of hydrogen-bond donors (Lipinski definition) is 1. The summed E-state index contributed by atoms with van der Waals surface area (Å²) in [5.41, 5.74) is 0.967. The molecular formula is C12H20IN3O. The molecule has 1 aromatic rings. The molecule has 0 aromatic carbocycles. The first-order valence-corrected chi connectivity index (χ1v) is 7.00. The van der Waals surface area contributed by atoms with Crippen molar-refractivity contribution < 1.29 is 4.74 Å². The molecule has 4 nitrogen and oxygen atoms in total. The lowest BCUT2D eigenvalue weighted by Crippen LogP contribution is -2.11. The minimum Gasteiger partial charge on any atom is -0.378 e. The van der Waals surface area contributed by atoms with Crippen molar-refractivity contribution in [3.8, 4) is 0 Å². The second-order valence-electron chi connectivity index (χ2n) is 3.96. The predicted molar refractivity (Wildman–Crippen MR) is 78.3 cm³/mol. The van der Waals surface area contributed by atoms with Crippen molar-refractivity contribution in [2.24, 2.45) is 0 Å². The van der Waals surface area contributed by atoms with Gasteiger partial charge in [0.25, 0.3) is 0 Å². The fourth-order valence-corrected chi connectivity index (χ4v) is 2.02. The van der Waals surface area contributed by atoms with E-state index in [4.69, 9.17) is 4.74 Å². The summed E-state index contributed by atoms with van der Waals surface area (Å²) in [6.07, 6.45) is 1.04. The van der Waals surface area contributed by atoms with E-state index in [1.54, 1.807) is 7.11 Å². The Morgan fingerprint density at radius 2 is 2.06 bits per heavy atom. The number of rotatable bonds is 6. The quantitative estimate of drug-likeness (QED) is 0.802. The molecule has 1 aromatic heterocycles. The second kappa shape index (κ2) is 7.10. The van der Waals surface area contributed by atoms with Crippen LogP contribution in [0.1, 0.15) is 44.6 Å². The van der Waals surface area contributed by atoms with E-state index in [0.29, 0.717) is 12.5 Å². The molecule has 0 radical (unpaired) electrons. The third-order valence-corrected chi connectivity index (χ3v) is 3.75. The molecule has 0 bridgehead atoms. The number of nitrogens with zero attached hydrogens (tertiary/aromatic N) is 2. The molecule has 0 aliphatic rings. The van der Waals surface area contributed by atoms with Gasteiger partial charge in [0.1, 0.15) is 11.6 Å². The zero-order valence-corrected chi connectivity index (χ0v) is 13.0. The fourth-order valence-electron chi connectivity index (χ4n) is 1.43. The lowest BCUT2D eigenvalue weighted by molar-refractivity contribution is 0.180. The van der Waals surface area contributed by atoms with Crippen molar-refractivity contribution in [1.82, 2.24) is 9.97 Å². The zero-order chi connectivity index (χ0) is 12.8. The van der Waals surface area contributed by atoms with E-state index in [2.05, 4.69) is 58.6 Å². The molecule has 1 rings (SSSR count). The summed E-state index contributed by atoms with van der Waals surface area (Å²) in [5, 5.41) is 3.28. The van der Waals surface area contributed by atoms with Crippen LogP contribution < -0.4 is 5.32 Å². The van der Waals surface area contributed by atoms with Crippen LogP contribution in [0.2, 0.25) is 0 Å². The number of hydrogen-bond acceptors (Lipinski definition) is 4. The number of methoxy groups -OCH3 is 1. The summed E-state index contributed by atoms with van der Waals surface area (Å²) in [6, 6.07) is 0. The minimum atomic E-state index is 0.375. The second-order valence-corrected chi connectivity index (χ2v) is 5.04. The van der Waals surface area contributed by atoms with E-state index in [-0.39, 0.29) is 0 Å². The van der Waals surface area contributed by atoms with Crippen molar-refractivity contribution in [2.45, 2.75) is 39.7 Å². The van der Waals surface area contributed by atoms with Gasteiger partial charge in [-0.2, -0.15) is 0 Å². The maximum atomic E-state index is 5.19. The zero-order valence-electron chi connectivity index (χ0n) is 10.9. The molecule has 0 aliphatic heterocycles. The standard InChI is InChI=1S/C12H20IN3O/c1-5-8(3)11-15-9(7-17-4)10(13)12(16-11)14-6-2/h8H,5-7H2,1-4H3,(H,14,15,16). The highest BCUT2D eigenvalue weighted by Gasteiger charge is 2.14. The highest BCUT2D eigenvalue weighted by Crippen LogP contribution is 2.23. The lowest BCUT2D eigenvalue weighted by Gasteiger charge is -2.14. The molecule has 0 saturated heterocycles. The fraction of sp³-hybridized carbons (Fsp3) is 0.667. The Labute approximate surface area is 117 Å². The molecule has 5 heteroatoms. The van der Waals surface area contributed by atoms with Crippen molar-refractivity contribution >= 4 is 28.4 Å². The van der Waals surface area contributed by atoms with Crippen molar-refractivity contribution in [1.29, 1.82) is 0 Å². The van der Waals surface area contributed by atoms with Crippen LogP contribution in [0.3, 0.4) is 0 Å². The number of anilines is 1. The minimum absolute atomic E-state index is 0.375. The molecule has 0 amide bonds. The number of aromatic nitrogens is 2. The summed E-state index contributed by atoms with van der Waals surface area (Å²) in [5.74, 6) is 2.20. The van der Waals surface area contributed by atoms with E-state index >= 15 is 0 Å². The lowest BCUT2D eigenvalue weighted by atomic mass is 10.1. The highest BCUT2D eigenvalue weighted by molar-refractivity contribution is 14.1. The van der Waals surface area contributed by atoms with Crippen molar-refractivity contribution in [3.63, 3.8) is 0 Å². The molecule has 17 heavy (non-hydrogen) atoms. The summed E-state index contributed by atoms with van der Waals surface area (Å²) < 4.78 is 6.24. The maximum absolute atomic E-state index is 5.19. The predicted octanol–water partition coefficient (Wildman–Crippen LogP) is 3.17. The first-order chi connectivity index (χ1) is 8.13. The van der Waals surface area contributed by atoms with E-state index < -0.39 is 0 Å². The third-order valence-electron chi connectivity index (χ3n) is 2.62. The van der Waals surface area contributed by atoms with Gasteiger partial charge < -0.3 is 10.1 Å². The number of nitrogens with one attached hydrogen (secondary N) is 1. The van der Waals surface area contributed by atoms with Crippen LogP contribution in [0.4, 0.5) is 5.82 Å². The monoisotopic (exact) mass is 349 g/mol. The van der Waals surface area contributed by atoms with Gasteiger partial charge in [0, 0.05) is 19.6 Å². The largest absolute Gasteiger partial charge is 0.378 e. The smallest absolute Gasteiger partial charge is 0.143 e. The average molecular weight is 349 g/mol. The van der Waals surface area contributed by atoms with Gasteiger partial charge in [-0.3, -0.25) is 0 Å². The van der Waals surface area contributed by atoms with Gasteiger partial charge in [0.15, 0.2) is 0 Å². The molecule has 0 fully saturated rings. The summed E-state index contributed by atoms with van der Waals surface area (Å²) >= 11 is 2.27. The first-order valence-electron chi connectivity index (χ1n) is 5.93. The van der Waals surface area contributed by atoms with Gasteiger partial charge >= 0.3 is 0 Å². The molecule has 1 unspecified atom stereocenters. The Hall–Kier alpha value is -0.430. The van der Waals surface area contributed by atoms with Crippen LogP contribution in [0.25, 0.3) is 0 Å². The van der Waals surface area contributed by atoms with Crippen LogP contribution in [-0.2, 0) is 11.3 Å². The SMILES string of the molecule is CCNc1nc(C(C)CC)nc(COC)c1I.